The van der Waals surface area contributed by atoms with E-state index in [1.165, 1.54) is 0 Å². The van der Waals surface area contributed by atoms with Crippen LogP contribution in [0.3, 0.4) is 0 Å². The number of hydrogen-bond acceptors (Lipinski definition) is 6. The van der Waals surface area contributed by atoms with Gasteiger partial charge < -0.3 is 24.6 Å². The number of carbonyl (C=O) groups excluding carboxylic acids is 1. The van der Waals surface area contributed by atoms with Gasteiger partial charge in [-0.25, -0.2) is 4.79 Å². The molecule has 1 amide bonds. The molecule has 210 valence electrons. The van der Waals surface area contributed by atoms with Crippen LogP contribution < -0.4 is 4.90 Å². The number of amides is 1. The molecule has 1 atom stereocenters. The summed E-state index contributed by atoms with van der Waals surface area (Å²) in [6.07, 6.45) is 8.79. The molecule has 1 aliphatic heterocycles. The lowest BCUT2D eigenvalue weighted by Crippen LogP contribution is -2.47. The quantitative estimate of drug-likeness (QED) is 0.419. The molecule has 2 saturated carbocycles. The number of carboxylic acid groups (broad SMARTS) is 1. The third-order valence-corrected chi connectivity index (χ3v) is 9.12. The van der Waals surface area contributed by atoms with Gasteiger partial charge in [-0.15, -0.1) is 11.3 Å². The van der Waals surface area contributed by atoms with Crippen LogP contribution in [0, 0.1) is 29.1 Å². The highest BCUT2D eigenvalue weighted by Gasteiger charge is 2.37. The second kappa shape index (κ2) is 13.0. The van der Waals surface area contributed by atoms with Crippen molar-refractivity contribution in [3.05, 3.63) is 15.8 Å². The van der Waals surface area contributed by atoms with Crippen LogP contribution in [0.25, 0.3) is 0 Å². The number of aliphatic hydroxyl groups excluding tert-OH is 1. The summed E-state index contributed by atoms with van der Waals surface area (Å²) in [4.78, 5) is 28.8. The van der Waals surface area contributed by atoms with Crippen LogP contribution in [-0.4, -0.2) is 53.7 Å². The van der Waals surface area contributed by atoms with Gasteiger partial charge in [-0.1, -0.05) is 18.8 Å². The Kier molecular flexibility index (Phi) is 9.91. The number of aliphatic hydroxyl groups is 1. The first-order chi connectivity index (χ1) is 18.1. The van der Waals surface area contributed by atoms with Crippen LogP contribution >= 0.6 is 11.3 Å². The Morgan fingerprint density at radius 3 is 2.45 bits per heavy atom. The van der Waals surface area contributed by atoms with E-state index < -0.39 is 11.4 Å². The molecule has 3 fully saturated rings. The molecule has 7 nitrogen and oxygen atoms in total. The summed E-state index contributed by atoms with van der Waals surface area (Å²) in [6, 6.07) is 1.68. The van der Waals surface area contributed by atoms with Crippen molar-refractivity contribution in [2.75, 3.05) is 18.1 Å². The molecule has 8 heteroatoms. The molecule has 1 saturated heterocycles. The van der Waals surface area contributed by atoms with Gasteiger partial charge in [0.1, 0.15) is 4.88 Å². The zero-order chi connectivity index (χ0) is 27.3. The van der Waals surface area contributed by atoms with Crippen LogP contribution in [0.5, 0.6) is 0 Å². The van der Waals surface area contributed by atoms with Crippen LogP contribution in [-0.2, 0) is 14.3 Å². The lowest BCUT2D eigenvalue weighted by molar-refractivity contribution is -0.171. The van der Waals surface area contributed by atoms with Crippen LogP contribution in [0.15, 0.2) is 6.07 Å². The maximum Gasteiger partial charge on any atom is 0.348 e. The van der Waals surface area contributed by atoms with Crippen molar-refractivity contribution in [2.45, 2.75) is 110 Å². The average Bonchev–Trinajstić information content (AvgIpc) is 3.33. The molecule has 2 aliphatic carbocycles. The van der Waals surface area contributed by atoms with Crippen LogP contribution in [0.2, 0.25) is 0 Å². The number of nitrogens with zero attached hydrogens (tertiary/aromatic N) is 1. The molecule has 0 aromatic carbocycles. The summed E-state index contributed by atoms with van der Waals surface area (Å²) in [5, 5.41) is 20.2. The molecule has 0 spiro atoms. The van der Waals surface area contributed by atoms with E-state index in [-0.39, 0.29) is 35.1 Å². The molecule has 1 aromatic rings. The third-order valence-electron chi connectivity index (χ3n) is 8.09. The van der Waals surface area contributed by atoms with Crippen molar-refractivity contribution in [1.82, 2.24) is 0 Å². The molecule has 1 unspecified atom stereocenters. The fourth-order valence-corrected chi connectivity index (χ4v) is 6.54. The van der Waals surface area contributed by atoms with Crippen LogP contribution in [0.4, 0.5) is 5.69 Å². The minimum Gasteiger partial charge on any atom is -0.477 e. The van der Waals surface area contributed by atoms with E-state index in [0.29, 0.717) is 48.8 Å². The van der Waals surface area contributed by atoms with Gasteiger partial charge in [0.25, 0.3) is 0 Å². The number of anilines is 1. The lowest BCUT2D eigenvalue weighted by Gasteiger charge is -2.38. The summed E-state index contributed by atoms with van der Waals surface area (Å²) >= 11 is 1.13. The average molecular weight is 546 g/mol. The monoisotopic (exact) mass is 545 g/mol. The van der Waals surface area contributed by atoms with Crippen molar-refractivity contribution in [3.63, 3.8) is 0 Å². The zero-order valence-corrected chi connectivity index (χ0v) is 23.9. The first-order valence-electron chi connectivity index (χ1n) is 14.3. The number of ether oxygens (including phenoxy) is 2. The van der Waals surface area contributed by atoms with Crippen molar-refractivity contribution in [3.8, 4) is 11.8 Å². The van der Waals surface area contributed by atoms with Gasteiger partial charge in [-0.3, -0.25) is 4.79 Å². The lowest BCUT2D eigenvalue weighted by atomic mass is 9.81. The highest BCUT2D eigenvalue weighted by molar-refractivity contribution is 7.15. The third kappa shape index (κ3) is 7.59. The molecule has 1 aromatic heterocycles. The second-order valence-corrected chi connectivity index (χ2v) is 13.1. The Morgan fingerprint density at radius 1 is 1.11 bits per heavy atom. The van der Waals surface area contributed by atoms with E-state index >= 15 is 0 Å². The molecule has 0 radical (unpaired) electrons. The summed E-state index contributed by atoms with van der Waals surface area (Å²) in [5.41, 5.74) is 0.0174. The van der Waals surface area contributed by atoms with Crippen molar-refractivity contribution in [2.24, 2.45) is 17.3 Å². The Bertz CT molecular complexity index is 1020. The maximum atomic E-state index is 13.9. The standard InChI is InChI=1S/C30H43NO6S/c1-20-7-9-21(10-8-20)28(33)31(22-11-13-23(32)14-12-22)25-18-24(38-27(25)29(34)35)15-16-30(2,3)19-37-26-6-4-5-17-36-26/h18,20-23,26,32H,4-14,17,19H2,1-3H3,(H,34,35). The first-order valence-corrected chi connectivity index (χ1v) is 15.1. The van der Waals surface area contributed by atoms with Gasteiger partial charge in [0.2, 0.25) is 5.91 Å². The molecular weight excluding hydrogens is 502 g/mol. The van der Waals surface area contributed by atoms with Crippen molar-refractivity contribution in [1.29, 1.82) is 0 Å². The zero-order valence-electron chi connectivity index (χ0n) is 23.0. The van der Waals surface area contributed by atoms with Crippen LogP contribution in [0.1, 0.15) is 106 Å². The highest BCUT2D eigenvalue weighted by Crippen LogP contribution is 2.39. The number of carboxylic acids is 1. The molecule has 2 N–H and O–H groups in total. The number of aromatic carboxylic acids is 1. The Balaban J connectivity index is 1.57. The smallest absolute Gasteiger partial charge is 0.348 e. The summed E-state index contributed by atoms with van der Waals surface area (Å²) in [6.45, 7) is 7.37. The first kappa shape index (κ1) is 29.1. The summed E-state index contributed by atoms with van der Waals surface area (Å²) in [7, 11) is 0. The van der Waals surface area contributed by atoms with E-state index in [0.717, 1.165) is 62.9 Å². The predicted molar refractivity (Wildman–Crippen MR) is 148 cm³/mol. The number of rotatable bonds is 7. The van der Waals surface area contributed by atoms with Gasteiger partial charge in [0.05, 0.1) is 23.3 Å². The SMILES string of the molecule is CC1CCC(C(=O)N(c2cc(C#CC(C)(C)COC3CCCCO3)sc2C(=O)O)C2CCC(O)CC2)CC1. The van der Waals surface area contributed by atoms with E-state index in [1.807, 2.05) is 13.8 Å². The minimum atomic E-state index is -1.04. The number of thiophene rings is 1. The van der Waals surface area contributed by atoms with Gasteiger partial charge in [-0.05, 0) is 96.5 Å². The molecular formula is C30H43NO6S. The van der Waals surface area contributed by atoms with Gasteiger partial charge in [-0.2, -0.15) is 0 Å². The molecule has 0 bridgehead atoms. The minimum absolute atomic E-state index is 0.0271. The molecule has 2 heterocycles. The van der Waals surface area contributed by atoms with E-state index in [4.69, 9.17) is 9.47 Å². The second-order valence-electron chi connectivity index (χ2n) is 12.0. The molecule has 3 aliphatic rings. The van der Waals surface area contributed by atoms with Gasteiger partial charge >= 0.3 is 5.97 Å². The topological polar surface area (TPSA) is 96.3 Å². The fourth-order valence-electron chi connectivity index (χ4n) is 5.70. The predicted octanol–water partition coefficient (Wildman–Crippen LogP) is 5.83. The number of carbonyl (C=O) groups is 2. The van der Waals surface area contributed by atoms with E-state index in [2.05, 4.69) is 18.8 Å². The molecule has 4 rings (SSSR count). The normalized spacial score (nSPS) is 28.3. The summed E-state index contributed by atoms with van der Waals surface area (Å²) < 4.78 is 11.6. The molecule has 38 heavy (non-hydrogen) atoms. The summed E-state index contributed by atoms with van der Waals surface area (Å²) in [5.74, 6) is 5.96. The van der Waals surface area contributed by atoms with Gasteiger partial charge in [0.15, 0.2) is 6.29 Å². The maximum absolute atomic E-state index is 13.9. The number of hydrogen-bond donors (Lipinski definition) is 2. The highest BCUT2D eigenvalue weighted by atomic mass is 32.1. The Hall–Kier alpha value is -1.92. The van der Waals surface area contributed by atoms with E-state index in [9.17, 15) is 19.8 Å². The Labute approximate surface area is 230 Å². The van der Waals surface area contributed by atoms with Crippen molar-refractivity contribution >= 4 is 28.9 Å². The van der Waals surface area contributed by atoms with E-state index in [1.54, 1.807) is 11.0 Å². The fraction of sp³-hybridized carbons (Fsp3) is 0.733. The largest absolute Gasteiger partial charge is 0.477 e. The Morgan fingerprint density at radius 2 is 1.82 bits per heavy atom. The van der Waals surface area contributed by atoms with Crippen molar-refractivity contribution < 1.29 is 29.3 Å². The van der Waals surface area contributed by atoms with Gasteiger partial charge in [0, 0.05) is 24.0 Å².